The highest BCUT2D eigenvalue weighted by atomic mass is 16.6. The van der Waals surface area contributed by atoms with E-state index in [2.05, 4.69) is 4.74 Å². The first-order valence-corrected chi connectivity index (χ1v) is 4.80. The number of aryl methyl sites for hydroxylation is 1. The zero-order valence-corrected chi connectivity index (χ0v) is 8.60. The molecule has 0 bridgehead atoms. The van der Waals surface area contributed by atoms with Crippen molar-refractivity contribution >= 4 is 11.9 Å². The summed E-state index contributed by atoms with van der Waals surface area (Å²) < 4.78 is 4.49. The van der Waals surface area contributed by atoms with Crippen LogP contribution in [0.3, 0.4) is 0 Å². The topological polar surface area (TPSA) is 43.4 Å². The Labute approximate surface area is 89.1 Å². The van der Waals surface area contributed by atoms with E-state index in [0.29, 0.717) is 6.42 Å². The van der Waals surface area contributed by atoms with Crippen molar-refractivity contribution in [2.24, 2.45) is 0 Å². The molecule has 79 valence electrons. The molecule has 0 saturated carbocycles. The van der Waals surface area contributed by atoms with E-state index in [-0.39, 0.29) is 6.42 Å². The third-order valence-corrected chi connectivity index (χ3v) is 1.91. The summed E-state index contributed by atoms with van der Waals surface area (Å²) >= 11 is 0. The summed E-state index contributed by atoms with van der Waals surface area (Å²) in [5.74, 6) is -1.07. The van der Waals surface area contributed by atoms with Crippen molar-refractivity contribution in [3.05, 3.63) is 42.3 Å². The Hall–Kier alpha value is -1.64. The maximum Gasteiger partial charge on any atom is 0.317 e. The van der Waals surface area contributed by atoms with Crippen molar-refractivity contribution in [1.29, 1.82) is 0 Å². The van der Waals surface area contributed by atoms with Crippen LogP contribution in [0, 0.1) is 6.42 Å². The number of carbonyl (C=O) groups excluding carboxylic acids is 2. The van der Waals surface area contributed by atoms with Gasteiger partial charge in [0.2, 0.25) is 0 Å². The van der Waals surface area contributed by atoms with Crippen LogP contribution in [0.25, 0.3) is 0 Å². The van der Waals surface area contributed by atoms with E-state index < -0.39 is 11.9 Å². The molecular weight excluding hydrogens is 192 g/mol. The van der Waals surface area contributed by atoms with Gasteiger partial charge >= 0.3 is 11.9 Å². The highest BCUT2D eigenvalue weighted by molar-refractivity contribution is 5.89. The fraction of sp³-hybridized carbons (Fsp3) is 0.250. The fourth-order valence-electron chi connectivity index (χ4n) is 1.11. The van der Waals surface area contributed by atoms with E-state index in [9.17, 15) is 9.59 Å². The minimum atomic E-state index is -0.590. The second-order valence-corrected chi connectivity index (χ2v) is 3.07. The average Bonchev–Trinajstić information content (AvgIpc) is 2.27. The van der Waals surface area contributed by atoms with Crippen LogP contribution in [-0.2, 0) is 20.7 Å². The summed E-state index contributed by atoms with van der Waals surface area (Å²) in [6.07, 6.45) is 2.04. The summed E-state index contributed by atoms with van der Waals surface area (Å²) in [5, 5.41) is 0. The summed E-state index contributed by atoms with van der Waals surface area (Å²) in [4.78, 5) is 21.9. The van der Waals surface area contributed by atoms with Crippen molar-refractivity contribution in [2.45, 2.75) is 19.8 Å². The lowest BCUT2D eigenvalue weighted by Crippen LogP contribution is -2.12. The van der Waals surface area contributed by atoms with E-state index in [1.807, 2.05) is 30.3 Å². The third-order valence-electron chi connectivity index (χ3n) is 1.91. The van der Waals surface area contributed by atoms with Crippen LogP contribution in [0.4, 0.5) is 0 Å². The number of hydrogen-bond acceptors (Lipinski definition) is 3. The smallest absolute Gasteiger partial charge is 0.317 e. The molecule has 3 heteroatoms. The number of carbonyl (C=O) groups is 2. The van der Waals surface area contributed by atoms with Crippen molar-refractivity contribution < 1.29 is 14.3 Å². The molecule has 1 aromatic carbocycles. The first-order chi connectivity index (χ1) is 7.22. The summed E-state index contributed by atoms with van der Waals surface area (Å²) in [6, 6.07) is 9.59. The van der Waals surface area contributed by atoms with Crippen molar-refractivity contribution in [2.75, 3.05) is 0 Å². The fourth-order valence-corrected chi connectivity index (χ4v) is 1.11. The van der Waals surface area contributed by atoms with Gasteiger partial charge in [-0.2, -0.15) is 0 Å². The average molecular weight is 205 g/mol. The monoisotopic (exact) mass is 205 g/mol. The van der Waals surface area contributed by atoms with E-state index in [1.165, 1.54) is 13.3 Å². The predicted molar refractivity (Wildman–Crippen MR) is 55.8 cm³/mol. The maximum atomic E-state index is 11.1. The molecule has 1 radical (unpaired) electrons. The molecule has 1 aromatic rings. The van der Waals surface area contributed by atoms with Crippen LogP contribution < -0.4 is 0 Å². The van der Waals surface area contributed by atoms with Gasteiger partial charge in [0, 0.05) is 0 Å². The second-order valence-electron chi connectivity index (χ2n) is 3.07. The molecule has 0 fully saturated rings. The molecule has 0 atom stereocenters. The van der Waals surface area contributed by atoms with Crippen LogP contribution in [-0.4, -0.2) is 11.9 Å². The van der Waals surface area contributed by atoms with Crippen molar-refractivity contribution in [3.63, 3.8) is 0 Å². The Bertz CT molecular complexity index is 330. The lowest BCUT2D eigenvalue weighted by atomic mass is 10.1. The molecule has 0 aliphatic heterocycles. The summed E-state index contributed by atoms with van der Waals surface area (Å²) in [6.45, 7) is 1.53. The third kappa shape index (κ3) is 4.40. The highest BCUT2D eigenvalue weighted by Gasteiger charge is 2.08. The Kier molecular flexibility index (Phi) is 4.54. The molecule has 0 aliphatic carbocycles. The standard InChI is InChI=1S/C12H13O3/c1-2-11(13)15-12(14)9-8-10-6-4-3-5-7-10/h2-7H,8-9H2,1H3. The largest absolute Gasteiger partial charge is 0.393 e. The first-order valence-electron chi connectivity index (χ1n) is 4.80. The maximum absolute atomic E-state index is 11.1. The molecule has 0 spiro atoms. The molecule has 0 N–H and O–H groups in total. The quantitative estimate of drug-likeness (QED) is 0.557. The normalized spacial score (nSPS) is 9.67. The Morgan fingerprint density at radius 1 is 1.27 bits per heavy atom. The number of ether oxygens (including phenoxy) is 1. The van der Waals surface area contributed by atoms with Gasteiger partial charge < -0.3 is 4.74 Å². The minimum Gasteiger partial charge on any atom is -0.393 e. The molecule has 3 nitrogen and oxygen atoms in total. The van der Waals surface area contributed by atoms with Gasteiger partial charge in [0.1, 0.15) is 0 Å². The number of benzene rings is 1. The van der Waals surface area contributed by atoms with E-state index in [0.717, 1.165) is 5.56 Å². The molecule has 0 unspecified atom stereocenters. The van der Waals surface area contributed by atoms with Crippen LogP contribution in [0.5, 0.6) is 0 Å². The summed E-state index contributed by atoms with van der Waals surface area (Å²) in [5.41, 5.74) is 1.06. The molecule has 0 aliphatic rings. The molecule has 0 amide bonds. The van der Waals surface area contributed by atoms with Gasteiger partial charge in [-0.05, 0) is 12.0 Å². The second kappa shape index (κ2) is 5.96. The molecule has 0 heterocycles. The van der Waals surface area contributed by atoms with Gasteiger partial charge in [-0.3, -0.25) is 9.59 Å². The van der Waals surface area contributed by atoms with Crippen LogP contribution >= 0.6 is 0 Å². The Morgan fingerprint density at radius 3 is 2.53 bits per heavy atom. The zero-order chi connectivity index (χ0) is 11.1. The molecule has 0 aromatic heterocycles. The van der Waals surface area contributed by atoms with Crippen LogP contribution in [0.2, 0.25) is 0 Å². The molecule has 15 heavy (non-hydrogen) atoms. The van der Waals surface area contributed by atoms with Gasteiger partial charge in [0.15, 0.2) is 0 Å². The number of esters is 2. The van der Waals surface area contributed by atoms with Gasteiger partial charge in [0.05, 0.1) is 12.8 Å². The van der Waals surface area contributed by atoms with Gasteiger partial charge in [-0.1, -0.05) is 37.3 Å². The SMILES string of the molecule is C[CH]C(=O)OC(=O)CCc1ccccc1. The van der Waals surface area contributed by atoms with Crippen molar-refractivity contribution in [1.82, 2.24) is 0 Å². The first kappa shape index (κ1) is 11.4. The lowest BCUT2D eigenvalue weighted by molar-refractivity contribution is -0.157. The number of rotatable bonds is 4. The molecule has 0 saturated heterocycles. The van der Waals surface area contributed by atoms with Gasteiger partial charge in [0.25, 0.3) is 0 Å². The van der Waals surface area contributed by atoms with E-state index in [1.54, 1.807) is 0 Å². The zero-order valence-electron chi connectivity index (χ0n) is 8.60. The lowest BCUT2D eigenvalue weighted by Gasteiger charge is -2.01. The van der Waals surface area contributed by atoms with Gasteiger partial charge in [-0.15, -0.1) is 0 Å². The number of hydrogen-bond donors (Lipinski definition) is 0. The van der Waals surface area contributed by atoms with Crippen molar-refractivity contribution in [3.8, 4) is 0 Å². The Balaban J connectivity index is 2.32. The minimum absolute atomic E-state index is 0.226. The van der Waals surface area contributed by atoms with E-state index in [4.69, 9.17) is 0 Å². The van der Waals surface area contributed by atoms with E-state index >= 15 is 0 Å². The Morgan fingerprint density at radius 2 is 1.93 bits per heavy atom. The molecule has 1 rings (SSSR count). The van der Waals surface area contributed by atoms with Crippen LogP contribution in [0.15, 0.2) is 30.3 Å². The summed E-state index contributed by atoms with van der Waals surface area (Å²) in [7, 11) is 0. The predicted octanol–water partition coefficient (Wildman–Crippen LogP) is 1.91. The molecular formula is C12H13O3. The van der Waals surface area contributed by atoms with Crippen LogP contribution in [0.1, 0.15) is 18.9 Å². The van der Waals surface area contributed by atoms with Gasteiger partial charge in [-0.25, -0.2) is 0 Å². The highest BCUT2D eigenvalue weighted by Crippen LogP contribution is 2.03.